The molecule has 1 amide bonds. The maximum Gasteiger partial charge on any atom is 0.229 e. The first kappa shape index (κ1) is 14.1. The van der Waals surface area contributed by atoms with Crippen molar-refractivity contribution in [3.63, 3.8) is 0 Å². The van der Waals surface area contributed by atoms with Gasteiger partial charge < -0.3 is 10.1 Å². The van der Waals surface area contributed by atoms with Crippen molar-refractivity contribution in [2.45, 2.75) is 52.7 Å². The molecule has 19 heavy (non-hydrogen) atoms. The van der Waals surface area contributed by atoms with E-state index in [2.05, 4.69) is 10.4 Å². The molecule has 0 saturated carbocycles. The van der Waals surface area contributed by atoms with Gasteiger partial charge in [0, 0.05) is 18.2 Å². The summed E-state index contributed by atoms with van der Waals surface area (Å²) >= 11 is 0. The van der Waals surface area contributed by atoms with Crippen LogP contribution in [-0.2, 0) is 16.1 Å². The Bertz CT molecular complexity index is 428. The second kappa shape index (κ2) is 5.74. The summed E-state index contributed by atoms with van der Waals surface area (Å²) in [6, 6.07) is 0. The highest BCUT2D eigenvalue weighted by Crippen LogP contribution is 2.18. The second-order valence-electron chi connectivity index (χ2n) is 6.14. The van der Waals surface area contributed by atoms with E-state index in [9.17, 15) is 4.79 Å². The Morgan fingerprint density at radius 1 is 1.53 bits per heavy atom. The number of carbonyl (C=O) groups excluding carboxylic acids is 1. The highest BCUT2D eigenvalue weighted by atomic mass is 16.5. The third-order valence-corrected chi connectivity index (χ3v) is 3.24. The predicted octanol–water partition coefficient (Wildman–Crippen LogP) is 2.44. The third kappa shape index (κ3) is 4.06. The fraction of sp³-hybridized carbons (Fsp3) is 0.714. The molecule has 1 saturated heterocycles. The minimum Gasteiger partial charge on any atom is -0.376 e. The smallest absolute Gasteiger partial charge is 0.229 e. The Morgan fingerprint density at radius 3 is 2.95 bits per heavy atom. The molecule has 1 atom stereocenters. The van der Waals surface area contributed by atoms with Crippen LogP contribution in [0, 0.1) is 5.41 Å². The van der Waals surface area contributed by atoms with E-state index in [-0.39, 0.29) is 12.0 Å². The molecule has 106 valence electrons. The SMILES string of the molecule is CC(C)(C)C(=O)Nc1cnn(C[C@H]2CCCCO2)c1. The van der Waals surface area contributed by atoms with Crippen molar-refractivity contribution in [1.29, 1.82) is 0 Å². The summed E-state index contributed by atoms with van der Waals surface area (Å²) < 4.78 is 7.52. The van der Waals surface area contributed by atoms with Crippen LogP contribution in [0.15, 0.2) is 12.4 Å². The van der Waals surface area contributed by atoms with E-state index < -0.39 is 5.41 Å². The zero-order valence-corrected chi connectivity index (χ0v) is 12.0. The molecule has 1 N–H and O–H groups in total. The van der Waals surface area contributed by atoms with Crippen LogP contribution in [0.1, 0.15) is 40.0 Å². The summed E-state index contributed by atoms with van der Waals surface area (Å²) in [5, 5.41) is 7.14. The number of amides is 1. The number of hydrogen-bond acceptors (Lipinski definition) is 3. The molecule has 1 aliphatic heterocycles. The zero-order chi connectivity index (χ0) is 13.9. The van der Waals surface area contributed by atoms with Crippen molar-refractivity contribution >= 4 is 11.6 Å². The first-order valence-corrected chi connectivity index (χ1v) is 6.90. The van der Waals surface area contributed by atoms with Crippen LogP contribution < -0.4 is 5.32 Å². The van der Waals surface area contributed by atoms with Crippen molar-refractivity contribution < 1.29 is 9.53 Å². The van der Waals surface area contributed by atoms with Crippen LogP contribution in [0.4, 0.5) is 5.69 Å². The Morgan fingerprint density at radius 2 is 2.32 bits per heavy atom. The van der Waals surface area contributed by atoms with E-state index >= 15 is 0 Å². The molecule has 1 fully saturated rings. The standard InChI is InChI=1S/C14H23N3O2/c1-14(2,3)13(18)16-11-8-15-17(9-11)10-12-6-4-5-7-19-12/h8-9,12H,4-7,10H2,1-3H3,(H,16,18)/t12-/m1/s1. The first-order valence-electron chi connectivity index (χ1n) is 6.90. The van der Waals surface area contributed by atoms with Gasteiger partial charge in [0.2, 0.25) is 5.91 Å². The topological polar surface area (TPSA) is 56.2 Å². The van der Waals surface area contributed by atoms with Crippen LogP contribution in [-0.4, -0.2) is 28.4 Å². The largest absolute Gasteiger partial charge is 0.376 e. The number of carbonyl (C=O) groups is 1. The Balaban J connectivity index is 1.89. The number of anilines is 1. The lowest BCUT2D eigenvalue weighted by Gasteiger charge is -2.22. The van der Waals surface area contributed by atoms with Gasteiger partial charge in [-0.15, -0.1) is 0 Å². The van der Waals surface area contributed by atoms with Gasteiger partial charge in [0.1, 0.15) is 0 Å². The number of hydrogen-bond donors (Lipinski definition) is 1. The first-order chi connectivity index (χ1) is 8.95. The normalized spacial score (nSPS) is 20.3. The summed E-state index contributed by atoms with van der Waals surface area (Å²) in [7, 11) is 0. The molecule has 0 aromatic carbocycles. The molecule has 2 rings (SSSR count). The van der Waals surface area contributed by atoms with E-state index in [1.807, 2.05) is 31.6 Å². The molecule has 0 aliphatic carbocycles. The highest BCUT2D eigenvalue weighted by molar-refractivity contribution is 5.94. The molecule has 0 bridgehead atoms. The lowest BCUT2D eigenvalue weighted by molar-refractivity contribution is -0.123. The van der Waals surface area contributed by atoms with Crippen LogP contribution in [0.25, 0.3) is 0 Å². The van der Waals surface area contributed by atoms with Gasteiger partial charge in [-0.1, -0.05) is 20.8 Å². The molecule has 5 heteroatoms. The lowest BCUT2D eigenvalue weighted by Crippen LogP contribution is -2.27. The van der Waals surface area contributed by atoms with Crippen LogP contribution in [0.2, 0.25) is 0 Å². The molecule has 0 unspecified atom stereocenters. The Kier molecular flexibility index (Phi) is 4.24. The molecule has 1 aromatic heterocycles. The summed E-state index contributed by atoms with van der Waals surface area (Å²) in [5.74, 6) is 0.000895. The zero-order valence-electron chi connectivity index (χ0n) is 12.0. The van der Waals surface area contributed by atoms with Gasteiger partial charge in [-0.3, -0.25) is 9.48 Å². The monoisotopic (exact) mass is 265 g/mol. The fourth-order valence-corrected chi connectivity index (χ4v) is 2.01. The number of aromatic nitrogens is 2. The number of nitrogens with one attached hydrogen (secondary N) is 1. The van der Waals surface area contributed by atoms with Gasteiger partial charge >= 0.3 is 0 Å². The van der Waals surface area contributed by atoms with Gasteiger partial charge in [0.05, 0.1) is 24.5 Å². The average molecular weight is 265 g/mol. The molecule has 5 nitrogen and oxygen atoms in total. The van der Waals surface area contributed by atoms with E-state index in [4.69, 9.17) is 4.74 Å². The van der Waals surface area contributed by atoms with Crippen LogP contribution >= 0.6 is 0 Å². The predicted molar refractivity (Wildman–Crippen MR) is 73.9 cm³/mol. The molecule has 1 aliphatic rings. The van der Waals surface area contributed by atoms with Crippen molar-refractivity contribution in [1.82, 2.24) is 9.78 Å². The summed E-state index contributed by atoms with van der Waals surface area (Å²) in [6.45, 7) is 7.28. The van der Waals surface area contributed by atoms with E-state index in [0.717, 1.165) is 31.7 Å². The van der Waals surface area contributed by atoms with Gasteiger partial charge in [-0.2, -0.15) is 5.10 Å². The summed E-state index contributed by atoms with van der Waals surface area (Å²) in [4.78, 5) is 11.9. The van der Waals surface area contributed by atoms with Gasteiger partial charge in [0.15, 0.2) is 0 Å². The molecular weight excluding hydrogens is 242 g/mol. The van der Waals surface area contributed by atoms with E-state index in [0.29, 0.717) is 0 Å². The van der Waals surface area contributed by atoms with Crippen molar-refractivity contribution in [3.05, 3.63) is 12.4 Å². The quantitative estimate of drug-likeness (QED) is 0.913. The molecule has 0 spiro atoms. The van der Waals surface area contributed by atoms with E-state index in [1.54, 1.807) is 6.20 Å². The Labute approximate surface area is 114 Å². The van der Waals surface area contributed by atoms with Gasteiger partial charge in [-0.25, -0.2) is 0 Å². The fourth-order valence-electron chi connectivity index (χ4n) is 2.01. The average Bonchev–Trinajstić information content (AvgIpc) is 2.76. The summed E-state index contributed by atoms with van der Waals surface area (Å²) in [6.07, 6.45) is 7.26. The highest BCUT2D eigenvalue weighted by Gasteiger charge is 2.22. The molecule has 1 aromatic rings. The van der Waals surface area contributed by atoms with E-state index in [1.165, 1.54) is 6.42 Å². The lowest BCUT2D eigenvalue weighted by atomic mass is 9.96. The molecule has 0 radical (unpaired) electrons. The Hall–Kier alpha value is -1.36. The summed E-state index contributed by atoms with van der Waals surface area (Å²) in [5.41, 5.74) is 0.352. The van der Waals surface area contributed by atoms with Crippen molar-refractivity contribution in [2.24, 2.45) is 5.41 Å². The number of rotatable bonds is 3. The molecule has 2 heterocycles. The second-order valence-corrected chi connectivity index (χ2v) is 6.14. The van der Waals surface area contributed by atoms with Gasteiger partial charge in [0.25, 0.3) is 0 Å². The van der Waals surface area contributed by atoms with Crippen LogP contribution in [0.5, 0.6) is 0 Å². The van der Waals surface area contributed by atoms with Crippen LogP contribution in [0.3, 0.4) is 0 Å². The minimum absolute atomic E-state index is 0.000895. The number of ether oxygens (including phenoxy) is 1. The number of nitrogens with zero attached hydrogens (tertiary/aromatic N) is 2. The third-order valence-electron chi connectivity index (χ3n) is 3.24. The van der Waals surface area contributed by atoms with Crippen molar-refractivity contribution in [2.75, 3.05) is 11.9 Å². The maximum atomic E-state index is 11.9. The minimum atomic E-state index is -0.394. The van der Waals surface area contributed by atoms with Gasteiger partial charge in [-0.05, 0) is 19.3 Å². The van der Waals surface area contributed by atoms with Crippen molar-refractivity contribution in [3.8, 4) is 0 Å². The molecular formula is C14H23N3O2. The maximum absolute atomic E-state index is 11.9.